The van der Waals surface area contributed by atoms with Gasteiger partial charge in [-0.1, -0.05) is 30.3 Å². The Kier molecular flexibility index (Phi) is 6.84. The monoisotopic (exact) mass is 326 g/mol. The van der Waals surface area contributed by atoms with Gasteiger partial charge in [0.25, 0.3) is 0 Å². The standard InChI is InChI=1S/C16H22N2O3.ClH/c1-21-15(20)13(17)7-8-14(19)18-16(9-10-16)11-12-5-3-2-4-6-12;/h2-6,13H,7-11,17H2,1H3,(H,18,19);1H/t13-;/m0./s1. The highest BCUT2D eigenvalue weighted by molar-refractivity contribution is 5.85. The molecule has 1 aromatic carbocycles. The summed E-state index contributed by atoms with van der Waals surface area (Å²) in [6.07, 6.45) is 3.39. The van der Waals surface area contributed by atoms with Crippen LogP contribution in [0.15, 0.2) is 30.3 Å². The third-order valence-corrected chi connectivity index (χ3v) is 3.83. The molecule has 0 aliphatic heterocycles. The first-order valence-corrected chi connectivity index (χ1v) is 7.23. The van der Waals surface area contributed by atoms with Gasteiger partial charge in [-0.05, 0) is 31.2 Å². The molecule has 0 unspecified atom stereocenters. The number of benzene rings is 1. The van der Waals surface area contributed by atoms with Crippen molar-refractivity contribution in [1.29, 1.82) is 0 Å². The van der Waals surface area contributed by atoms with Crippen LogP contribution in [0.5, 0.6) is 0 Å². The predicted octanol–water partition coefficient (Wildman–Crippen LogP) is 1.58. The van der Waals surface area contributed by atoms with Crippen LogP contribution in [-0.4, -0.2) is 30.6 Å². The van der Waals surface area contributed by atoms with Crippen LogP contribution in [0.1, 0.15) is 31.2 Å². The zero-order valence-corrected chi connectivity index (χ0v) is 13.5. The van der Waals surface area contributed by atoms with Crippen LogP contribution in [0.25, 0.3) is 0 Å². The number of carbonyl (C=O) groups is 2. The van der Waals surface area contributed by atoms with E-state index in [1.165, 1.54) is 12.7 Å². The molecule has 0 aromatic heterocycles. The molecule has 0 saturated heterocycles. The summed E-state index contributed by atoms with van der Waals surface area (Å²) >= 11 is 0. The summed E-state index contributed by atoms with van der Waals surface area (Å²) in [7, 11) is 1.29. The van der Waals surface area contributed by atoms with Crippen LogP contribution in [0, 0.1) is 0 Å². The summed E-state index contributed by atoms with van der Waals surface area (Å²) < 4.78 is 4.54. The van der Waals surface area contributed by atoms with Crippen LogP contribution in [0.3, 0.4) is 0 Å². The normalized spacial score (nSPS) is 16.1. The van der Waals surface area contributed by atoms with Crippen molar-refractivity contribution in [3.8, 4) is 0 Å². The van der Waals surface area contributed by atoms with E-state index in [4.69, 9.17) is 5.73 Å². The number of rotatable bonds is 7. The average molecular weight is 327 g/mol. The number of halogens is 1. The molecule has 0 bridgehead atoms. The van der Waals surface area contributed by atoms with Gasteiger partial charge in [-0.25, -0.2) is 0 Å². The molecule has 6 heteroatoms. The van der Waals surface area contributed by atoms with E-state index < -0.39 is 12.0 Å². The molecule has 1 saturated carbocycles. The lowest BCUT2D eigenvalue weighted by Gasteiger charge is -2.18. The Bertz CT molecular complexity index is 503. The summed E-state index contributed by atoms with van der Waals surface area (Å²) in [5.41, 5.74) is 6.74. The Hall–Kier alpha value is -1.59. The summed E-state index contributed by atoms with van der Waals surface area (Å²) in [4.78, 5) is 23.2. The highest BCUT2D eigenvalue weighted by Crippen LogP contribution is 2.38. The largest absolute Gasteiger partial charge is 0.468 e. The lowest BCUT2D eigenvalue weighted by Crippen LogP contribution is -2.40. The van der Waals surface area contributed by atoms with Gasteiger partial charge < -0.3 is 15.8 Å². The van der Waals surface area contributed by atoms with Gasteiger partial charge in [0.05, 0.1) is 7.11 Å². The van der Waals surface area contributed by atoms with Crippen molar-refractivity contribution in [1.82, 2.24) is 5.32 Å². The fraction of sp³-hybridized carbons (Fsp3) is 0.500. The van der Waals surface area contributed by atoms with E-state index >= 15 is 0 Å². The Morgan fingerprint density at radius 3 is 2.50 bits per heavy atom. The Labute approximate surface area is 137 Å². The Balaban J connectivity index is 0.00000242. The van der Waals surface area contributed by atoms with Crippen molar-refractivity contribution in [2.45, 2.75) is 43.7 Å². The van der Waals surface area contributed by atoms with Gasteiger partial charge in [-0.2, -0.15) is 0 Å². The second-order valence-electron chi connectivity index (χ2n) is 5.66. The molecule has 0 heterocycles. The third-order valence-electron chi connectivity index (χ3n) is 3.83. The summed E-state index contributed by atoms with van der Waals surface area (Å²) in [5.74, 6) is -0.531. The third kappa shape index (κ3) is 5.31. The Morgan fingerprint density at radius 2 is 1.95 bits per heavy atom. The molecule has 1 aliphatic rings. The lowest BCUT2D eigenvalue weighted by atomic mass is 10.0. The number of nitrogens with one attached hydrogen (secondary N) is 1. The molecule has 5 nitrogen and oxygen atoms in total. The van der Waals surface area contributed by atoms with E-state index in [1.54, 1.807) is 0 Å². The minimum Gasteiger partial charge on any atom is -0.468 e. The van der Waals surface area contributed by atoms with Crippen molar-refractivity contribution in [3.05, 3.63) is 35.9 Å². The van der Waals surface area contributed by atoms with E-state index in [0.29, 0.717) is 6.42 Å². The van der Waals surface area contributed by atoms with E-state index in [0.717, 1.165) is 19.3 Å². The average Bonchev–Trinajstić information content (AvgIpc) is 3.24. The van der Waals surface area contributed by atoms with Gasteiger partial charge in [0.15, 0.2) is 0 Å². The van der Waals surface area contributed by atoms with Gasteiger partial charge in [0.1, 0.15) is 6.04 Å². The molecular formula is C16H23ClN2O3. The molecule has 3 N–H and O–H groups in total. The molecule has 122 valence electrons. The molecule has 1 fully saturated rings. The first-order chi connectivity index (χ1) is 10.0. The number of esters is 1. The predicted molar refractivity (Wildman–Crippen MR) is 86.7 cm³/mol. The topological polar surface area (TPSA) is 81.4 Å². The fourth-order valence-electron chi connectivity index (χ4n) is 2.40. The SMILES string of the molecule is COC(=O)[C@@H](N)CCC(=O)NC1(Cc2ccccc2)CC1.Cl. The first-order valence-electron chi connectivity index (χ1n) is 7.23. The molecule has 2 rings (SSSR count). The van der Waals surface area contributed by atoms with Crippen LogP contribution in [0.2, 0.25) is 0 Å². The van der Waals surface area contributed by atoms with E-state index in [9.17, 15) is 9.59 Å². The van der Waals surface area contributed by atoms with Crippen molar-refractivity contribution < 1.29 is 14.3 Å². The summed E-state index contributed by atoms with van der Waals surface area (Å²) in [6, 6.07) is 9.39. The molecule has 0 spiro atoms. The second kappa shape index (κ2) is 8.15. The molecule has 22 heavy (non-hydrogen) atoms. The number of hydrogen-bond acceptors (Lipinski definition) is 4. The fourth-order valence-corrected chi connectivity index (χ4v) is 2.40. The van der Waals surface area contributed by atoms with Gasteiger partial charge >= 0.3 is 5.97 Å². The zero-order valence-electron chi connectivity index (χ0n) is 12.7. The molecule has 1 aliphatic carbocycles. The zero-order chi connectivity index (χ0) is 15.3. The summed E-state index contributed by atoms with van der Waals surface area (Å²) in [5, 5.41) is 3.08. The highest BCUT2D eigenvalue weighted by atomic mass is 35.5. The smallest absolute Gasteiger partial charge is 0.322 e. The maximum Gasteiger partial charge on any atom is 0.322 e. The van der Waals surface area contributed by atoms with Gasteiger partial charge in [-0.3, -0.25) is 9.59 Å². The quantitative estimate of drug-likeness (QED) is 0.745. The highest BCUT2D eigenvalue weighted by Gasteiger charge is 2.43. The lowest BCUT2D eigenvalue weighted by molar-refractivity contribution is -0.142. The number of methoxy groups -OCH3 is 1. The van der Waals surface area contributed by atoms with E-state index in [2.05, 4.69) is 22.2 Å². The van der Waals surface area contributed by atoms with Crippen molar-refractivity contribution in [2.75, 3.05) is 7.11 Å². The van der Waals surface area contributed by atoms with Crippen molar-refractivity contribution in [3.63, 3.8) is 0 Å². The summed E-state index contributed by atoms with van der Waals surface area (Å²) in [6.45, 7) is 0. The van der Waals surface area contributed by atoms with E-state index in [1.807, 2.05) is 18.2 Å². The molecule has 1 atom stereocenters. The minimum absolute atomic E-state index is 0. The molecule has 1 aromatic rings. The van der Waals surface area contributed by atoms with Crippen LogP contribution < -0.4 is 11.1 Å². The Morgan fingerprint density at radius 1 is 1.32 bits per heavy atom. The van der Waals surface area contributed by atoms with Crippen molar-refractivity contribution in [2.24, 2.45) is 5.73 Å². The van der Waals surface area contributed by atoms with Gasteiger partial charge in [0.2, 0.25) is 5.91 Å². The van der Waals surface area contributed by atoms with Crippen molar-refractivity contribution >= 4 is 24.3 Å². The number of carbonyl (C=O) groups excluding carboxylic acids is 2. The first kappa shape index (κ1) is 18.5. The van der Waals surface area contributed by atoms with Gasteiger partial charge in [0, 0.05) is 12.0 Å². The molecular weight excluding hydrogens is 304 g/mol. The number of nitrogens with two attached hydrogens (primary N) is 1. The number of amides is 1. The minimum atomic E-state index is -0.731. The number of ether oxygens (including phenoxy) is 1. The molecule has 0 radical (unpaired) electrons. The van der Waals surface area contributed by atoms with Crippen LogP contribution in [0.4, 0.5) is 0 Å². The maximum absolute atomic E-state index is 12.0. The van der Waals surface area contributed by atoms with Gasteiger partial charge in [-0.15, -0.1) is 12.4 Å². The second-order valence-corrected chi connectivity index (χ2v) is 5.66. The van der Waals surface area contributed by atoms with E-state index in [-0.39, 0.29) is 30.3 Å². The van der Waals surface area contributed by atoms with Crippen LogP contribution >= 0.6 is 12.4 Å². The maximum atomic E-state index is 12.0. The number of hydrogen-bond donors (Lipinski definition) is 2. The van der Waals surface area contributed by atoms with Crippen LogP contribution in [-0.2, 0) is 20.7 Å². The molecule has 1 amide bonds.